The average Bonchev–Trinajstić information content (AvgIpc) is 2.91. The van der Waals surface area contributed by atoms with E-state index >= 15 is 0 Å². The molecule has 2 aromatic heterocycles. The lowest BCUT2D eigenvalue weighted by atomic mass is 10.3. The highest BCUT2D eigenvalue weighted by molar-refractivity contribution is 7.94. The van der Waals surface area contributed by atoms with Crippen molar-refractivity contribution in [2.45, 2.75) is 6.04 Å². The summed E-state index contributed by atoms with van der Waals surface area (Å²) in [5.74, 6) is -0.446. The van der Waals surface area contributed by atoms with Gasteiger partial charge in [-0.2, -0.15) is 0 Å². The number of carbonyl (C=O) groups is 1. The third-order valence-corrected chi connectivity index (χ3v) is 4.74. The predicted molar refractivity (Wildman–Crippen MR) is 67.3 cm³/mol. The topological polar surface area (TPSA) is 80.5 Å². The highest BCUT2D eigenvalue weighted by Crippen LogP contribution is 2.12. The molecule has 0 saturated carbocycles. The molecule has 8 heteroatoms. The van der Waals surface area contributed by atoms with Crippen molar-refractivity contribution >= 4 is 32.0 Å². The number of hydrogen-bond donors (Lipinski definition) is 1. The number of sulfone groups is 1. The molecule has 18 heavy (non-hydrogen) atoms. The molecule has 0 radical (unpaired) electrons. The van der Waals surface area contributed by atoms with Crippen molar-refractivity contribution in [1.29, 1.82) is 0 Å². The minimum absolute atomic E-state index is 0.0824. The first-order chi connectivity index (χ1) is 8.53. The normalized spacial score (nSPS) is 21.4. The van der Waals surface area contributed by atoms with Crippen LogP contribution in [0.4, 0.5) is 0 Å². The van der Waals surface area contributed by atoms with Crippen molar-refractivity contribution in [3.8, 4) is 0 Å². The summed E-state index contributed by atoms with van der Waals surface area (Å²) < 4.78 is 24.2. The van der Waals surface area contributed by atoms with Gasteiger partial charge in [0.05, 0.1) is 11.8 Å². The summed E-state index contributed by atoms with van der Waals surface area (Å²) in [7, 11) is -3.16. The van der Waals surface area contributed by atoms with Gasteiger partial charge < -0.3 is 5.32 Å². The summed E-state index contributed by atoms with van der Waals surface area (Å²) in [4.78, 5) is 16.7. The number of imidazole rings is 1. The summed E-state index contributed by atoms with van der Waals surface area (Å²) in [6.45, 7) is 0. The Labute approximate surface area is 107 Å². The van der Waals surface area contributed by atoms with E-state index in [2.05, 4.69) is 10.3 Å². The van der Waals surface area contributed by atoms with E-state index in [0.29, 0.717) is 5.69 Å². The van der Waals surface area contributed by atoms with Crippen LogP contribution in [-0.4, -0.2) is 35.5 Å². The summed E-state index contributed by atoms with van der Waals surface area (Å²) in [6, 6.07) is -0.470. The Morgan fingerprint density at radius 2 is 2.39 bits per heavy atom. The molecular weight excluding hydrogens is 274 g/mol. The third-order valence-electron chi connectivity index (χ3n) is 2.57. The summed E-state index contributed by atoms with van der Waals surface area (Å²) in [5, 5.41) is 5.63. The summed E-state index contributed by atoms with van der Waals surface area (Å²) in [5.41, 5.74) is 0.291. The van der Waals surface area contributed by atoms with Crippen molar-refractivity contribution in [2.75, 3.05) is 5.75 Å². The first-order valence-electron chi connectivity index (χ1n) is 5.17. The molecule has 1 aliphatic heterocycles. The second-order valence-corrected chi connectivity index (χ2v) is 6.76. The van der Waals surface area contributed by atoms with E-state index < -0.39 is 15.9 Å². The van der Waals surface area contributed by atoms with Crippen molar-refractivity contribution in [3.05, 3.63) is 35.0 Å². The zero-order chi connectivity index (χ0) is 12.8. The second kappa shape index (κ2) is 3.92. The van der Waals surface area contributed by atoms with Gasteiger partial charge in [0.15, 0.2) is 14.8 Å². The van der Waals surface area contributed by atoms with Gasteiger partial charge in [-0.1, -0.05) is 0 Å². The van der Waals surface area contributed by atoms with Crippen LogP contribution in [-0.2, 0) is 9.84 Å². The Hall–Kier alpha value is -1.67. The second-order valence-electron chi connectivity index (χ2n) is 3.96. The molecule has 1 atom stereocenters. The Morgan fingerprint density at radius 1 is 1.56 bits per heavy atom. The van der Waals surface area contributed by atoms with Crippen LogP contribution >= 0.6 is 11.3 Å². The number of amides is 1. The number of rotatable bonds is 2. The molecule has 1 amide bonds. The lowest BCUT2D eigenvalue weighted by Gasteiger charge is -2.07. The SMILES string of the molecule is O=C(N[C@H]1C=CS(=O)(=O)C1)c1cn2ccsc2n1. The quantitative estimate of drug-likeness (QED) is 0.867. The van der Waals surface area contributed by atoms with E-state index in [0.717, 1.165) is 10.4 Å². The summed E-state index contributed by atoms with van der Waals surface area (Å²) >= 11 is 1.43. The number of nitrogens with zero attached hydrogens (tertiary/aromatic N) is 2. The van der Waals surface area contributed by atoms with Crippen LogP contribution in [0.5, 0.6) is 0 Å². The van der Waals surface area contributed by atoms with Crippen LogP contribution in [0.2, 0.25) is 0 Å². The summed E-state index contributed by atoms with van der Waals surface area (Å²) in [6.07, 6.45) is 4.91. The Balaban J connectivity index is 1.76. The number of thiazole rings is 1. The van der Waals surface area contributed by atoms with Gasteiger partial charge in [0.25, 0.3) is 5.91 Å². The molecule has 1 N–H and O–H groups in total. The standard InChI is InChI=1S/C10H9N3O3S2/c14-9(11-7-1-4-18(15,16)6-7)8-5-13-2-3-17-10(13)12-8/h1-5,7H,6H2,(H,11,14)/t7-/m0/s1. The molecule has 6 nitrogen and oxygen atoms in total. The minimum Gasteiger partial charge on any atom is -0.343 e. The van der Waals surface area contributed by atoms with Gasteiger partial charge in [-0.3, -0.25) is 9.20 Å². The molecular formula is C10H9N3O3S2. The lowest BCUT2D eigenvalue weighted by molar-refractivity contribution is 0.0943. The molecule has 0 saturated heterocycles. The fourth-order valence-electron chi connectivity index (χ4n) is 1.74. The Bertz CT molecular complexity index is 713. The third kappa shape index (κ3) is 2.04. The van der Waals surface area contributed by atoms with Crippen molar-refractivity contribution < 1.29 is 13.2 Å². The van der Waals surface area contributed by atoms with Crippen LogP contribution in [0.1, 0.15) is 10.5 Å². The van der Waals surface area contributed by atoms with E-state index in [4.69, 9.17) is 0 Å². The number of hydrogen-bond acceptors (Lipinski definition) is 5. The van der Waals surface area contributed by atoms with Gasteiger partial charge >= 0.3 is 0 Å². The molecule has 0 aliphatic carbocycles. The first kappa shape index (κ1) is 11.4. The molecule has 2 aromatic rings. The van der Waals surface area contributed by atoms with Gasteiger partial charge in [-0.05, 0) is 6.08 Å². The van der Waals surface area contributed by atoms with Gasteiger partial charge in [-0.15, -0.1) is 11.3 Å². The smallest absolute Gasteiger partial charge is 0.272 e. The largest absolute Gasteiger partial charge is 0.343 e. The van der Waals surface area contributed by atoms with Crippen LogP contribution in [0, 0.1) is 0 Å². The van der Waals surface area contributed by atoms with E-state index in [-0.39, 0.29) is 11.7 Å². The lowest BCUT2D eigenvalue weighted by Crippen LogP contribution is -2.35. The van der Waals surface area contributed by atoms with Crippen LogP contribution < -0.4 is 5.32 Å². The first-order valence-corrected chi connectivity index (χ1v) is 7.77. The van der Waals surface area contributed by atoms with Crippen molar-refractivity contribution in [2.24, 2.45) is 0 Å². The van der Waals surface area contributed by atoms with E-state index in [1.807, 2.05) is 11.6 Å². The maximum atomic E-state index is 11.9. The molecule has 0 spiro atoms. The number of carbonyl (C=O) groups excluding carboxylic acids is 1. The van der Waals surface area contributed by atoms with Gasteiger partial charge in [0.2, 0.25) is 0 Å². The Morgan fingerprint density at radius 3 is 3.06 bits per heavy atom. The van der Waals surface area contributed by atoms with Crippen LogP contribution in [0.15, 0.2) is 29.3 Å². The van der Waals surface area contributed by atoms with E-state index in [1.165, 1.54) is 17.4 Å². The average molecular weight is 283 g/mol. The molecule has 3 heterocycles. The molecule has 0 aromatic carbocycles. The van der Waals surface area contributed by atoms with E-state index in [1.54, 1.807) is 10.6 Å². The fourth-order valence-corrected chi connectivity index (χ4v) is 3.68. The number of aromatic nitrogens is 2. The number of fused-ring (bicyclic) bond motifs is 1. The zero-order valence-corrected chi connectivity index (χ0v) is 10.7. The van der Waals surface area contributed by atoms with Gasteiger partial charge in [0, 0.05) is 23.2 Å². The maximum absolute atomic E-state index is 11.9. The number of nitrogens with one attached hydrogen (secondary N) is 1. The minimum atomic E-state index is -3.16. The molecule has 94 valence electrons. The van der Waals surface area contributed by atoms with Crippen molar-refractivity contribution in [3.63, 3.8) is 0 Å². The molecule has 0 unspecified atom stereocenters. The van der Waals surface area contributed by atoms with Crippen LogP contribution in [0.3, 0.4) is 0 Å². The van der Waals surface area contributed by atoms with Gasteiger partial charge in [0.1, 0.15) is 5.69 Å². The molecule has 0 bridgehead atoms. The Kier molecular flexibility index (Phi) is 2.49. The predicted octanol–water partition coefficient (Wildman–Crippen LogP) is 0.436. The highest BCUT2D eigenvalue weighted by atomic mass is 32.2. The monoisotopic (exact) mass is 283 g/mol. The van der Waals surface area contributed by atoms with E-state index in [9.17, 15) is 13.2 Å². The zero-order valence-electron chi connectivity index (χ0n) is 9.11. The fraction of sp³-hybridized carbons (Fsp3) is 0.200. The molecule has 1 aliphatic rings. The molecule has 3 rings (SSSR count). The van der Waals surface area contributed by atoms with Gasteiger partial charge in [-0.25, -0.2) is 13.4 Å². The maximum Gasteiger partial charge on any atom is 0.272 e. The van der Waals surface area contributed by atoms with Crippen LogP contribution in [0.25, 0.3) is 4.96 Å². The highest BCUT2D eigenvalue weighted by Gasteiger charge is 2.24. The molecule has 0 fully saturated rings. The van der Waals surface area contributed by atoms with Crippen molar-refractivity contribution in [1.82, 2.24) is 14.7 Å².